The smallest absolute Gasteiger partial charge is 0.238 e. The second kappa shape index (κ2) is 4.42. The number of anilines is 1. The molecule has 0 aromatic carbocycles. The van der Waals surface area contributed by atoms with Crippen LogP contribution in [0.1, 0.15) is 5.56 Å². The molecule has 0 amide bonds. The van der Waals surface area contributed by atoms with Gasteiger partial charge in [0, 0.05) is 10.9 Å². The lowest BCUT2D eigenvalue weighted by Gasteiger charge is -2.08. The number of hydrogen-bond donors (Lipinski definition) is 2. The predicted molar refractivity (Wildman–Crippen MR) is 68.0 cm³/mol. The lowest BCUT2D eigenvalue weighted by molar-refractivity contribution is 1.13. The van der Waals surface area contributed by atoms with E-state index in [4.69, 9.17) is 17.6 Å². The molecule has 2 heterocycles. The number of thiazole rings is 1. The third kappa shape index (κ3) is 1.82. The number of nitrogens with two attached hydrogens (primary N) is 1. The van der Waals surface area contributed by atoms with Crippen LogP contribution in [-0.4, -0.2) is 9.97 Å². The minimum Gasteiger partial charge on any atom is -0.392 e. The molecule has 0 atom stereocenters. The highest BCUT2D eigenvalue weighted by Gasteiger charge is 2.19. The van der Waals surface area contributed by atoms with Crippen LogP contribution in [0.25, 0.3) is 16.1 Å². The van der Waals surface area contributed by atoms with Gasteiger partial charge in [0.05, 0.1) is 23.3 Å². The normalized spacial score (nSPS) is 9.59. The maximum atomic E-state index is 9.10. The molecular formula is C10H5N5S2. The number of hydrogen-bond acceptors (Lipinski definition) is 6. The van der Waals surface area contributed by atoms with Crippen molar-refractivity contribution in [2.45, 2.75) is 5.03 Å². The van der Waals surface area contributed by atoms with Gasteiger partial charge in [0.25, 0.3) is 0 Å². The van der Waals surface area contributed by atoms with Crippen LogP contribution in [0.2, 0.25) is 0 Å². The Kier molecular flexibility index (Phi) is 2.96. The number of pyridine rings is 1. The van der Waals surface area contributed by atoms with Gasteiger partial charge in [-0.1, -0.05) is 0 Å². The highest BCUT2D eigenvalue weighted by molar-refractivity contribution is 7.80. The van der Waals surface area contributed by atoms with Gasteiger partial charge in [-0.2, -0.15) is 5.26 Å². The second-order valence-corrected chi connectivity index (χ2v) is 4.16. The molecule has 0 saturated heterocycles. The van der Waals surface area contributed by atoms with Gasteiger partial charge >= 0.3 is 0 Å². The Bertz CT molecular complexity index is 611. The van der Waals surface area contributed by atoms with Gasteiger partial charge in [-0.25, -0.2) is 14.8 Å². The minimum atomic E-state index is 0.0620. The SMILES string of the molecule is [C-]#[N+]c1c(N)nc(S)c(C#N)c1-c1cscn1. The lowest BCUT2D eigenvalue weighted by Crippen LogP contribution is -1.97. The van der Waals surface area contributed by atoms with E-state index in [0.29, 0.717) is 11.3 Å². The van der Waals surface area contributed by atoms with E-state index in [0.717, 1.165) is 0 Å². The number of thiol groups is 1. The number of nitrogens with zero attached hydrogens (tertiary/aromatic N) is 4. The van der Waals surface area contributed by atoms with E-state index in [1.165, 1.54) is 11.3 Å². The molecule has 0 aliphatic rings. The summed E-state index contributed by atoms with van der Waals surface area (Å²) in [6.45, 7) is 7.12. The van der Waals surface area contributed by atoms with Gasteiger partial charge < -0.3 is 5.73 Å². The zero-order valence-corrected chi connectivity index (χ0v) is 10.1. The molecule has 0 saturated carbocycles. The Morgan fingerprint density at radius 1 is 1.59 bits per heavy atom. The number of aromatic nitrogens is 2. The summed E-state index contributed by atoms with van der Waals surface area (Å²) in [4.78, 5) is 11.3. The van der Waals surface area contributed by atoms with Crippen molar-refractivity contribution in [2.24, 2.45) is 0 Å². The Morgan fingerprint density at radius 2 is 2.35 bits per heavy atom. The molecule has 2 rings (SSSR count). The Morgan fingerprint density at radius 3 is 2.88 bits per heavy atom. The second-order valence-electron chi connectivity index (χ2n) is 3.02. The molecular weight excluding hydrogens is 254 g/mol. The third-order valence-corrected chi connectivity index (χ3v) is 3.00. The molecule has 0 radical (unpaired) electrons. The van der Waals surface area contributed by atoms with Crippen molar-refractivity contribution in [3.05, 3.63) is 27.9 Å². The van der Waals surface area contributed by atoms with Crippen molar-refractivity contribution >= 4 is 35.5 Å². The summed E-state index contributed by atoms with van der Waals surface area (Å²) in [5.74, 6) is 0.0620. The van der Waals surface area contributed by atoms with Crippen LogP contribution in [0.5, 0.6) is 0 Å². The average molecular weight is 259 g/mol. The molecule has 5 nitrogen and oxygen atoms in total. The molecule has 82 valence electrons. The maximum Gasteiger partial charge on any atom is 0.238 e. The quantitative estimate of drug-likeness (QED) is 0.609. The Balaban J connectivity index is 2.89. The molecule has 2 aromatic rings. The fourth-order valence-electron chi connectivity index (χ4n) is 1.39. The van der Waals surface area contributed by atoms with Crippen LogP contribution in [0.15, 0.2) is 15.9 Å². The van der Waals surface area contributed by atoms with Crippen molar-refractivity contribution in [3.63, 3.8) is 0 Å². The van der Waals surface area contributed by atoms with Gasteiger partial charge in [0.15, 0.2) is 0 Å². The summed E-state index contributed by atoms with van der Waals surface area (Å²) in [6, 6.07) is 1.98. The Labute approximate surface area is 107 Å². The third-order valence-electron chi connectivity index (χ3n) is 2.09. The summed E-state index contributed by atoms with van der Waals surface area (Å²) >= 11 is 5.47. The minimum absolute atomic E-state index is 0.0620. The van der Waals surface area contributed by atoms with E-state index < -0.39 is 0 Å². The molecule has 2 aromatic heterocycles. The summed E-state index contributed by atoms with van der Waals surface area (Å²) in [7, 11) is 0. The van der Waals surface area contributed by atoms with E-state index >= 15 is 0 Å². The first kappa shape index (κ1) is 11.4. The Hall–Kier alpha value is -2.09. The van der Waals surface area contributed by atoms with E-state index in [1.807, 2.05) is 6.07 Å². The molecule has 0 spiro atoms. The molecule has 0 unspecified atom stereocenters. The predicted octanol–water partition coefficient (Wildman–Crippen LogP) is 2.50. The van der Waals surface area contributed by atoms with Gasteiger partial charge in [0.2, 0.25) is 5.69 Å². The fourth-order valence-corrected chi connectivity index (χ4v) is 2.20. The fraction of sp³-hybridized carbons (Fsp3) is 0. The van der Waals surface area contributed by atoms with Crippen molar-refractivity contribution in [2.75, 3.05) is 5.73 Å². The number of nitriles is 1. The average Bonchev–Trinajstić information content (AvgIpc) is 2.81. The van der Waals surface area contributed by atoms with Crippen LogP contribution < -0.4 is 5.73 Å². The summed E-state index contributed by atoms with van der Waals surface area (Å²) in [5, 5.41) is 11.1. The largest absolute Gasteiger partial charge is 0.392 e. The molecule has 0 aliphatic carbocycles. The van der Waals surface area contributed by atoms with Gasteiger partial charge in [-0.05, 0) is 0 Å². The van der Waals surface area contributed by atoms with Crippen molar-refractivity contribution in [1.29, 1.82) is 5.26 Å². The van der Waals surface area contributed by atoms with E-state index in [-0.39, 0.29) is 22.1 Å². The summed E-state index contributed by atoms with van der Waals surface area (Å²) in [6.07, 6.45) is 0. The standard InChI is InChI=1S/C10H5N5S2/c1-13-8-7(6-3-17-4-14-6)5(2-11)10(16)15-9(8)12/h3-4H,(H3,12,15,16). The molecule has 0 fully saturated rings. The van der Waals surface area contributed by atoms with E-state index in [2.05, 4.69) is 27.4 Å². The first-order valence-electron chi connectivity index (χ1n) is 4.37. The highest BCUT2D eigenvalue weighted by atomic mass is 32.1. The van der Waals surface area contributed by atoms with Crippen LogP contribution in [0, 0.1) is 17.9 Å². The number of rotatable bonds is 1. The van der Waals surface area contributed by atoms with Gasteiger partial charge in [-0.3, -0.25) is 0 Å². The highest BCUT2D eigenvalue weighted by Crippen LogP contribution is 2.38. The van der Waals surface area contributed by atoms with Crippen LogP contribution >= 0.6 is 24.0 Å². The van der Waals surface area contributed by atoms with Crippen LogP contribution in [0.4, 0.5) is 11.5 Å². The first-order chi connectivity index (χ1) is 8.19. The van der Waals surface area contributed by atoms with Gasteiger partial charge in [-0.15, -0.1) is 24.0 Å². The monoisotopic (exact) mass is 259 g/mol. The summed E-state index contributed by atoms with van der Waals surface area (Å²) < 4.78 is 0. The molecule has 0 aliphatic heterocycles. The molecule has 7 heteroatoms. The zero-order valence-electron chi connectivity index (χ0n) is 8.38. The topological polar surface area (TPSA) is 80.0 Å². The van der Waals surface area contributed by atoms with Gasteiger partial charge in [0.1, 0.15) is 16.9 Å². The van der Waals surface area contributed by atoms with Crippen molar-refractivity contribution < 1.29 is 0 Å². The summed E-state index contributed by atoms with van der Waals surface area (Å²) in [5.41, 5.74) is 8.59. The van der Waals surface area contributed by atoms with Crippen LogP contribution in [-0.2, 0) is 0 Å². The first-order valence-corrected chi connectivity index (χ1v) is 5.76. The maximum absolute atomic E-state index is 9.10. The lowest BCUT2D eigenvalue weighted by atomic mass is 10.1. The van der Waals surface area contributed by atoms with E-state index in [1.54, 1.807) is 10.9 Å². The molecule has 2 N–H and O–H groups in total. The van der Waals surface area contributed by atoms with Crippen molar-refractivity contribution in [1.82, 2.24) is 9.97 Å². The zero-order chi connectivity index (χ0) is 12.4. The molecule has 17 heavy (non-hydrogen) atoms. The van der Waals surface area contributed by atoms with Crippen LogP contribution in [0.3, 0.4) is 0 Å². The van der Waals surface area contributed by atoms with E-state index in [9.17, 15) is 0 Å². The number of nitrogen functional groups attached to an aromatic ring is 1. The van der Waals surface area contributed by atoms with Crippen molar-refractivity contribution in [3.8, 4) is 17.3 Å². The molecule has 0 bridgehead atoms.